The van der Waals surface area contributed by atoms with E-state index in [0.717, 1.165) is 18.9 Å². The van der Waals surface area contributed by atoms with Crippen LogP contribution in [-0.2, 0) is 6.54 Å². The van der Waals surface area contributed by atoms with Gasteiger partial charge in [-0.3, -0.25) is 4.90 Å². The van der Waals surface area contributed by atoms with Gasteiger partial charge in [-0.05, 0) is 67.5 Å². The molecule has 2 aliphatic carbocycles. The highest BCUT2D eigenvalue weighted by Gasteiger charge is 2.39. The molecule has 0 bridgehead atoms. The Morgan fingerprint density at radius 1 is 0.935 bits per heavy atom. The van der Waals surface area contributed by atoms with Crippen LogP contribution in [0.15, 0.2) is 84.5 Å². The number of hydrogen-bond donors (Lipinski definition) is 1. The van der Waals surface area contributed by atoms with Crippen molar-refractivity contribution in [2.24, 2.45) is 0 Å². The predicted molar refractivity (Wildman–Crippen MR) is 133 cm³/mol. The molecular formula is C29H36N2. The summed E-state index contributed by atoms with van der Waals surface area (Å²) in [6, 6.07) is 21.5. The third-order valence-electron chi connectivity index (χ3n) is 6.93. The Morgan fingerprint density at radius 2 is 1.74 bits per heavy atom. The van der Waals surface area contributed by atoms with Crippen LogP contribution in [0.3, 0.4) is 0 Å². The molecule has 1 N–H and O–H groups in total. The average Bonchev–Trinajstić information content (AvgIpc) is 3.60. The first-order valence-electron chi connectivity index (χ1n) is 12.0. The van der Waals surface area contributed by atoms with Crippen LogP contribution in [0.5, 0.6) is 0 Å². The molecule has 31 heavy (non-hydrogen) atoms. The molecule has 1 saturated carbocycles. The number of hydrogen-bond acceptors (Lipinski definition) is 2. The molecule has 0 unspecified atom stereocenters. The van der Waals surface area contributed by atoms with E-state index >= 15 is 0 Å². The molecule has 0 amide bonds. The van der Waals surface area contributed by atoms with Crippen LogP contribution in [0.25, 0.3) is 6.08 Å². The van der Waals surface area contributed by atoms with Crippen LogP contribution in [0.1, 0.15) is 56.1 Å². The minimum Gasteiger partial charge on any atom is -0.311 e. The zero-order valence-corrected chi connectivity index (χ0v) is 18.4. The van der Waals surface area contributed by atoms with Gasteiger partial charge in [0.1, 0.15) is 0 Å². The van der Waals surface area contributed by atoms with Crippen molar-refractivity contribution in [3.63, 3.8) is 0 Å². The van der Waals surface area contributed by atoms with Gasteiger partial charge in [-0.15, -0.1) is 0 Å². The summed E-state index contributed by atoms with van der Waals surface area (Å²) in [7, 11) is 0. The zero-order valence-electron chi connectivity index (χ0n) is 18.4. The zero-order chi connectivity index (χ0) is 20.9. The molecule has 0 spiro atoms. The van der Waals surface area contributed by atoms with Crippen molar-refractivity contribution in [1.29, 1.82) is 0 Å². The summed E-state index contributed by atoms with van der Waals surface area (Å²) in [5.41, 5.74) is 5.53. The Bertz CT molecular complexity index is 937. The summed E-state index contributed by atoms with van der Waals surface area (Å²) in [4.78, 5) is 2.61. The fraction of sp³-hybridized carbons (Fsp3) is 0.379. The average molecular weight is 413 g/mol. The normalized spacial score (nSPS) is 24.5. The van der Waals surface area contributed by atoms with Crippen LogP contribution in [0.2, 0.25) is 0 Å². The van der Waals surface area contributed by atoms with E-state index in [0.29, 0.717) is 12.1 Å². The second-order valence-electron chi connectivity index (χ2n) is 9.34. The van der Waals surface area contributed by atoms with Gasteiger partial charge in [-0.1, -0.05) is 85.0 Å². The monoisotopic (exact) mass is 412 g/mol. The smallest absolute Gasteiger partial charge is 0.0233 e. The Balaban J connectivity index is 0.00000245. The summed E-state index contributed by atoms with van der Waals surface area (Å²) < 4.78 is 0. The molecule has 0 radical (unpaired) electrons. The molecule has 1 saturated heterocycles. The highest BCUT2D eigenvalue weighted by Crippen LogP contribution is 2.41. The molecule has 2 heteroatoms. The van der Waals surface area contributed by atoms with Crippen LogP contribution in [0.4, 0.5) is 0 Å². The van der Waals surface area contributed by atoms with Crippen molar-refractivity contribution in [2.45, 2.75) is 56.7 Å². The third-order valence-corrected chi connectivity index (χ3v) is 6.93. The molecule has 2 atom stereocenters. The number of nitrogens with one attached hydrogen (secondary N) is 1. The van der Waals surface area contributed by atoms with Crippen molar-refractivity contribution in [3.05, 3.63) is 101 Å². The van der Waals surface area contributed by atoms with Gasteiger partial charge in [0.15, 0.2) is 0 Å². The van der Waals surface area contributed by atoms with Gasteiger partial charge in [-0.2, -0.15) is 0 Å². The number of rotatable bonds is 7. The van der Waals surface area contributed by atoms with Gasteiger partial charge < -0.3 is 5.32 Å². The van der Waals surface area contributed by atoms with Gasteiger partial charge in [0.25, 0.3) is 0 Å². The standard InChI is InChI=1S/C29H34N2.H2/c1-3-7-23(8-4-1)11-12-24-13-15-25(16-14-24)22-31-19-17-27(18-20-31)30-29-21-28(29)26-9-5-2-6-10-26;/h2-3,5-16,27-30H,1,4,17-22H2;1H/b12-11+;/t28-,29+;/m0./s1. The van der Waals surface area contributed by atoms with Crippen LogP contribution in [0, 0.1) is 0 Å². The molecule has 162 valence electrons. The molecule has 3 aliphatic rings. The van der Waals surface area contributed by atoms with E-state index in [1.807, 2.05) is 0 Å². The molecule has 0 aromatic heterocycles. The van der Waals surface area contributed by atoms with Gasteiger partial charge in [0.2, 0.25) is 0 Å². The molecular weight excluding hydrogens is 376 g/mol. The van der Waals surface area contributed by atoms with Crippen molar-refractivity contribution < 1.29 is 1.43 Å². The lowest BCUT2D eigenvalue weighted by Gasteiger charge is -2.32. The summed E-state index contributed by atoms with van der Waals surface area (Å²) in [5, 5.41) is 3.93. The molecule has 1 aliphatic heterocycles. The number of piperidine rings is 1. The second kappa shape index (κ2) is 9.80. The molecule has 2 nitrogen and oxygen atoms in total. The van der Waals surface area contributed by atoms with Gasteiger partial charge in [0.05, 0.1) is 0 Å². The molecule has 2 aromatic carbocycles. The SMILES string of the molecule is C1=CC(/C=C/c2ccc(CN3CCC(N[C@@H]4C[C@H]4c4ccccc4)CC3)cc2)=CCC1.[HH]. The quantitative estimate of drug-likeness (QED) is 0.571. The van der Waals surface area contributed by atoms with Crippen molar-refractivity contribution in [3.8, 4) is 0 Å². The first kappa shape index (κ1) is 20.5. The lowest BCUT2D eigenvalue weighted by molar-refractivity contribution is 0.189. The Labute approximate surface area is 188 Å². The van der Waals surface area contributed by atoms with Crippen molar-refractivity contribution >= 4 is 6.08 Å². The van der Waals surface area contributed by atoms with E-state index in [4.69, 9.17) is 0 Å². The predicted octanol–water partition coefficient (Wildman–Crippen LogP) is 6.33. The third kappa shape index (κ3) is 5.64. The number of allylic oxidation sites excluding steroid dienone is 5. The summed E-state index contributed by atoms with van der Waals surface area (Å²) in [6.07, 6.45) is 17.4. The van der Waals surface area contributed by atoms with Crippen LogP contribution >= 0.6 is 0 Å². The van der Waals surface area contributed by atoms with E-state index < -0.39 is 0 Å². The van der Waals surface area contributed by atoms with Crippen LogP contribution in [-0.4, -0.2) is 30.1 Å². The van der Waals surface area contributed by atoms with Crippen molar-refractivity contribution in [1.82, 2.24) is 10.2 Å². The molecule has 2 fully saturated rings. The highest BCUT2D eigenvalue weighted by molar-refractivity contribution is 5.55. The second-order valence-corrected chi connectivity index (χ2v) is 9.34. The minimum absolute atomic E-state index is 0. The number of benzene rings is 2. The van der Waals surface area contributed by atoms with Crippen molar-refractivity contribution in [2.75, 3.05) is 13.1 Å². The van der Waals surface area contributed by atoms with Crippen LogP contribution < -0.4 is 5.32 Å². The lowest BCUT2D eigenvalue weighted by atomic mass is 10.0. The minimum atomic E-state index is 0. The number of nitrogens with zero attached hydrogens (tertiary/aromatic N) is 1. The Kier molecular flexibility index (Phi) is 6.48. The summed E-state index contributed by atoms with van der Waals surface area (Å²) in [6.45, 7) is 3.46. The molecule has 1 heterocycles. The maximum absolute atomic E-state index is 3.93. The topological polar surface area (TPSA) is 15.3 Å². The fourth-order valence-corrected chi connectivity index (χ4v) is 4.95. The fourth-order valence-electron chi connectivity index (χ4n) is 4.95. The first-order valence-corrected chi connectivity index (χ1v) is 12.0. The maximum Gasteiger partial charge on any atom is 0.0233 e. The maximum atomic E-state index is 3.93. The molecule has 5 rings (SSSR count). The van der Waals surface area contributed by atoms with E-state index in [9.17, 15) is 0 Å². The molecule has 2 aromatic rings. The number of likely N-dealkylation sites (tertiary alicyclic amines) is 1. The largest absolute Gasteiger partial charge is 0.311 e. The lowest BCUT2D eigenvalue weighted by Crippen LogP contribution is -2.43. The van der Waals surface area contributed by atoms with Gasteiger partial charge in [-0.25, -0.2) is 0 Å². The Morgan fingerprint density at radius 3 is 2.48 bits per heavy atom. The van der Waals surface area contributed by atoms with E-state index in [1.54, 1.807) is 0 Å². The van der Waals surface area contributed by atoms with Gasteiger partial charge in [0, 0.05) is 26.0 Å². The van der Waals surface area contributed by atoms with E-state index in [2.05, 4.69) is 95.2 Å². The van der Waals surface area contributed by atoms with Gasteiger partial charge >= 0.3 is 0 Å². The van der Waals surface area contributed by atoms with E-state index in [-0.39, 0.29) is 1.43 Å². The first-order chi connectivity index (χ1) is 15.3. The highest BCUT2D eigenvalue weighted by atomic mass is 15.1. The summed E-state index contributed by atoms with van der Waals surface area (Å²) >= 11 is 0. The summed E-state index contributed by atoms with van der Waals surface area (Å²) in [5.74, 6) is 0.734. The van der Waals surface area contributed by atoms with E-state index in [1.165, 1.54) is 61.0 Å². The Hall–Kier alpha value is -2.42.